The molecular weight excluding hydrogens is 222 g/mol. The highest BCUT2D eigenvalue weighted by atomic mass is 15.1. The smallest absolute Gasteiger partial charge is 0.111 e. The fourth-order valence-electron chi connectivity index (χ4n) is 2.88. The molecule has 0 aliphatic heterocycles. The molecule has 3 rings (SSSR count). The molecule has 2 N–H and O–H groups in total. The number of nitrogens with zero attached hydrogens (tertiary/aromatic N) is 2. The Morgan fingerprint density at radius 2 is 2.17 bits per heavy atom. The molecule has 0 radical (unpaired) electrons. The molecule has 1 fully saturated rings. The molecule has 96 valence electrons. The summed E-state index contributed by atoms with van der Waals surface area (Å²) in [6, 6.07) is 8.63. The van der Waals surface area contributed by atoms with Crippen molar-refractivity contribution in [2.24, 2.45) is 11.7 Å². The highest BCUT2D eigenvalue weighted by Crippen LogP contribution is 2.30. The van der Waals surface area contributed by atoms with Gasteiger partial charge < -0.3 is 10.3 Å². The Hall–Kier alpha value is -1.35. The lowest BCUT2D eigenvalue weighted by molar-refractivity contribution is 0.257. The van der Waals surface area contributed by atoms with Crippen LogP contribution in [-0.2, 0) is 13.0 Å². The van der Waals surface area contributed by atoms with Gasteiger partial charge in [-0.1, -0.05) is 18.6 Å². The van der Waals surface area contributed by atoms with Crippen molar-refractivity contribution in [2.75, 3.05) is 0 Å². The predicted octanol–water partition coefficient (Wildman–Crippen LogP) is 2.73. The number of benzene rings is 1. The number of aryl methyl sites for hydroxylation is 1. The lowest BCUT2D eigenvalue weighted by Gasteiger charge is -2.31. The maximum Gasteiger partial charge on any atom is 0.111 e. The van der Waals surface area contributed by atoms with Crippen molar-refractivity contribution in [1.29, 1.82) is 0 Å². The minimum Gasteiger partial charge on any atom is -0.328 e. The zero-order valence-electron chi connectivity index (χ0n) is 11.0. The molecule has 18 heavy (non-hydrogen) atoms. The van der Waals surface area contributed by atoms with Crippen LogP contribution in [0.4, 0.5) is 0 Å². The van der Waals surface area contributed by atoms with Crippen LogP contribution >= 0.6 is 0 Å². The summed E-state index contributed by atoms with van der Waals surface area (Å²) in [5.74, 6) is 1.87. The number of nitrogens with two attached hydrogens (primary N) is 1. The molecule has 0 amide bonds. The van der Waals surface area contributed by atoms with E-state index in [1.54, 1.807) is 0 Å². The Morgan fingerprint density at radius 1 is 1.39 bits per heavy atom. The van der Waals surface area contributed by atoms with Gasteiger partial charge in [0.05, 0.1) is 11.0 Å². The molecule has 0 bridgehead atoms. The summed E-state index contributed by atoms with van der Waals surface area (Å²) in [5.41, 5.74) is 8.63. The summed E-state index contributed by atoms with van der Waals surface area (Å²) < 4.78 is 2.30. The largest absolute Gasteiger partial charge is 0.328 e. The zero-order chi connectivity index (χ0) is 12.5. The minimum atomic E-state index is 0.279. The number of hydrogen-bond acceptors (Lipinski definition) is 2. The van der Waals surface area contributed by atoms with E-state index in [1.165, 1.54) is 24.8 Å². The quantitative estimate of drug-likeness (QED) is 0.897. The van der Waals surface area contributed by atoms with Crippen LogP contribution < -0.4 is 5.73 Å². The van der Waals surface area contributed by atoms with Crippen molar-refractivity contribution >= 4 is 11.0 Å². The van der Waals surface area contributed by atoms with E-state index in [0.717, 1.165) is 30.2 Å². The van der Waals surface area contributed by atoms with Crippen LogP contribution in [-0.4, -0.2) is 15.6 Å². The summed E-state index contributed by atoms with van der Waals surface area (Å²) in [7, 11) is 0. The van der Waals surface area contributed by atoms with Gasteiger partial charge in [0.15, 0.2) is 0 Å². The third-order valence-electron chi connectivity index (χ3n) is 4.22. The van der Waals surface area contributed by atoms with Gasteiger partial charge in [-0.2, -0.15) is 0 Å². The van der Waals surface area contributed by atoms with Crippen molar-refractivity contribution in [3.63, 3.8) is 0 Å². The van der Waals surface area contributed by atoms with Gasteiger partial charge in [-0.3, -0.25) is 0 Å². The molecule has 0 spiro atoms. The third-order valence-corrected chi connectivity index (χ3v) is 4.22. The van der Waals surface area contributed by atoms with E-state index < -0.39 is 0 Å². The third kappa shape index (κ3) is 1.93. The fraction of sp³-hybridized carbons (Fsp3) is 0.533. The number of imidazole rings is 1. The van der Waals surface area contributed by atoms with E-state index in [-0.39, 0.29) is 6.04 Å². The topological polar surface area (TPSA) is 43.8 Å². The summed E-state index contributed by atoms with van der Waals surface area (Å²) in [5, 5.41) is 0. The van der Waals surface area contributed by atoms with Crippen molar-refractivity contribution in [1.82, 2.24) is 9.55 Å². The summed E-state index contributed by atoms with van der Waals surface area (Å²) in [4.78, 5) is 4.75. The second kappa shape index (κ2) is 4.73. The summed E-state index contributed by atoms with van der Waals surface area (Å²) in [6.07, 6.45) is 4.86. The Labute approximate surface area is 108 Å². The van der Waals surface area contributed by atoms with Crippen LogP contribution in [0.25, 0.3) is 11.0 Å². The second-order valence-electron chi connectivity index (χ2n) is 5.32. The van der Waals surface area contributed by atoms with Gasteiger partial charge in [-0.15, -0.1) is 0 Å². The molecule has 1 saturated carbocycles. The first-order chi connectivity index (χ1) is 8.79. The zero-order valence-corrected chi connectivity index (χ0v) is 11.0. The molecule has 1 atom stereocenters. The van der Waals surface area contributed by atoms with E-state index in [1.807, 2.05) is 6.07 Å². The molecule has 0 saturated heterocycles. The average molecular weight is 243 g/mol. The molecule has 3 heteroatoms. The molecule has 1 heterocycles. The molecule has 1 aliphatic carbocycles. The van der Waals surface area contributed by atoms with Crippen molar-refractivity contribution in [3.8, 4) is 0 Å². The first-order valence-corrected chi connectivity index (χ1v) is 6.99. The minimum absolute atomic E-state index is 0.279. The van der Waals surface area contributed by atoms with E-state index in [0.29, 0.717) is 0 Å². The number of hydrogen-bond donors (Lipinski definition) is 1. The molecule has 1 unspecified atom stereocenters. The van der Waals surface area contributed by atoms with Crippen molar-refractivity contribution in [2.45, 2.75) is 45.2 Å². The van der Waals surface area contributed by atoms with Gasteiger partial charge >= 0.3 is 0 Å². The molecule has 2 aromatic rings. The number of aromatic nitrogens is 2. The number of para-hydroxylation sites is 2. The summed E-state index contributed by atoms with van der Waals surface area (Å²) >= 11 is 0. The fourth-order valence-corrected chi connectivity index (χ4v) is 2.88. The Kier molecular flexibility index (Phi) is 3.08. The predicted molar refractivity (Wildman–Crippen MR) is 74.4 cm³/mol. The van der Waals surface area contributed by atoms with Crippen molar-refractivity contribution < 1.29 is 0 Å². The van der Waals surface area contributed by atoms with Gasteiger partial charge in [0.25, 0.3) is 0 Å². The van der Waals surface area contributed by atoms with Gasteiger partial charge in [-0.05, 0) is 37.8 Å². The molecule has 1 aromatic carbocycles. The van der Waals surface area contributed by atoms with Gasteiger partial charge in [-0.25, -0.2) is 4.98 Å². The van der Waals surface area contributed by atoms with Gasteiger partial charge in [0, 0.05) is 19.0 Å². The highest BCUT2D eigenvalue weighted by Gasteiger charge is 2.25. The second-order valence-corrected chi connectivity index (χ2v) is 5.32. The van der Waals surface area contributed by atoms with Crippen LogP contribution in [0.2, 0.25) is 0 Å². The maximum atomic E-state index is 6.30. The normalized spacial score (nSPS) is 17.9. The standard InChI is InChI=1S/C15H21N3/c1-2-18-14-9-4-3-8-13(14)17-15(18)10-12(16)11-6-5-7-11/h3-4,8-9,11-12H,2,5-7,10,16H2,1H3. The maximum absolute atomic E-state index is 6.30. The Bertz CT molecular complexity index is 540. The molecule has 1 aliphatic rings. The molecule has 3 nitrogen and oxygen atoms in total. The van der Waals surface area contributed by atoms with Gasteiger partial charge in [0.2, 0.25) is 0 Å². The van der Waals surface area contributed by atoms with Crippen molar-refractivity contribution in [3.05, 3.63) is 30.1 Å². The monoisotopic (exact) mass is 243 g/mol. The highest BCUT2D eigenvalue weighted by molar-refractivity contribution is 5.75. The van der Waals surface area contributed by atoms with Crippen LogP contribution in [0.1, 0.15) is 32.0 Å². The van der Waals surface area contributed by atoms with E-state index in [9.17, 15) is 0 Å². The number of fused-ring (bicyclic) bond motifs is 1. The van der Waals surface area contributed by atoms with Gasteiger partial charge in [0.1, 0.15) is 5.82 Å². The number of rotatable bonds is 4. The first kappa shape index (κ1) is 11.7. The Morgan fingerprint density at radius 3 is 2.83 bits per heavy atom. The Balaban J connectivity index is 1.90. The summed E-state index contributed by atoms with van der Waals surface area (Å²) in [6.45, 7) is 3.14. The van der Waals surface area contributed by atoms with Crippen LogP contribution in [0.5, 0.6) is 0 Å². The van der Waals surface area contributed by atoms with Crippen LogP contribution in [0, 0.1) is 5.92 Å². The molecular formula is C15H21N3. The molecule has 1 aromatic heterocycles. The van der Waals surface area contributed by atoms with E-state index in [2.05, 4.69) is 29.7 Å². The average Bonchev–Trinajstić information content (AvgIpc) is 2.63. The SMILES string of the molecule is CCn1c(CC(N)C2CCC2)nc2ccccc21. The van der Waals surface area contributed by atoms with Crippen LogP contribution in [0.3, 0.4) is 0 Å². The van der Waals surface area contributed by atoms with E-state index >= 15 is 0 Å². The first-order valence-electron chi connectivity index (χ1n) is 6.99. The van der Waals surface area contributed by atoms with Crippen LogP contribution in [0.15, 0.2) is 24.3 Å². The lowest BCUT2D eigenvalue weighted by Crippen LogP contribution is -2.37. The van der Waals surface area contributed by atoms with E-state index in [4.69, 9.17) is 10.7 Å². The lowest BCUT2D eigenvalue weighted by atomic mass is 9.79.